The van der Waals surface area contributed by atoms with E-state index in [1.54, 1.807) is 0 Å². The quantitative estimate of drug-likeness (QED) is 0.789. The Morgan fingerprint density at radius 3 is 2.14 bits per heavy atom. The number of anilines is 2. The van der Waals surface area contributed by atoms with E-state index in [0.717, 1.165) is 12.5 Å². The summed E-state index contributed by atoms with van der Waals surface area (Å²) >= 11 is 1.89. The second-order valence-electron chi connectivity index (χ2n) is 6.07. The SMILES string of the molecule is CN1CCC(CN2c3ccccc3Sc3ccccc32)C1.Cl. The van der Waals surface area contributed by atoms with E-state index >= 15 is 0 Å². The Kier molecular flexibility index (Phi) is 4.67. The number of nitrogens with zero attached hydrogens (tertiary/aromatic N) is 2. The third-order valence-corrected chi connectivity index (χ3v) is 5.59. The molecule has 4 heteroatoms. The van der Waals surface area contributed by atoms with Gasteiger partial charge in [-0.15, -0.1) is 12.4 Å². The maximum absolute atomic E-state index is 2.53. The van der Waals surface area contributed by atoms with Crippen molar-refractivity contribution in [1.29, 1.82) is 0 Å². The fraction of sp³-hybridized carbons (Fsp3) is 0.333. The van der Waals surface area contributed by atoms with Gasteiger partial charge in [-0.1, -0.05) is 36.0 Å². The monoisotopic (exact) mass is 332 g/mol. The van der Waals surface area contributed by atoms with Crippen molar-refractivity contribution in [2.24, 2.45) is 5.92 Å². The van der Waals surface area contributed by atoms with E-state index < -0.39 is 0 Å². The first-order chi connectivity index (χ1) is 10.3. The summed E-state index contributed by atoms with van der Waals surface area (Å²) in [7, 11) is 2.23. The van der Waals surface area contributed by atoms with Gasteiger partial charge in [0.1, 0.15) is 0 Å². The highest BCUT2D eigenvalue weighted by Crippen LogP contribution is 2.48. The summed E-state index contributed by atoms with van der Waals surface area (Å²) in [6.45, 7) is 3.57. The molecule has 2 aliphatic heterocycles. The van der Waals surface area contributed by atoms with E-state index in [4.69, 9.17) is 0 Å². The van der Waals surface area contributed by atoms with Crippen LogP contribution < -0.4 is 4.90 Å². The van der Waals surface area contributed by atoms with Crippen LogP contribution in [0.5, 0.6) is 0 Å². The van der Waals surface area contributed by atoms with Crippen LogP contribution in [-0.4, -0.2) is 31.6 Å². The largest absolute Gasteiger partial charge is 0.339 e. The second kappa shape index (κ2) is 6.53. The van der Waals surface area contributed by atoms with Crippen LogP contribution in [0.1, 0.15) is 6.42 Å². The molecular weight excluding hydrogens is 312 g/mol. The highest BCUT2D eigenvalue weighted by Gasteiger charge is 2.27. The van der Waals surface area contributed by atoms with Crippen LogP contribution in [0.2, 0.25) is 0 Å². The van der Waals surface area contributed by atoms with E-state index in [-0.39, 0.29) is 12.4 Å². The summed E-state index contributed by atoms with van der Waals surface area (Å²) in [5.41, 5.74) is 2.74. The Balaban J connectivity index is 0.00000144. The molecule has 1 atom stereocenters. The van der Waals surface area contributed by atoms with Gasteiger partial charge in [-0.05, 0) is 50.2 Å². The van der Waals surface area contributed by atoms with Gasteiger partial charge in [0.2, 0.25) is 0 Å². The minimum atomic E-state index is 0. The zero-order valence-corrected chi connectivity index (χ0v) is 14.4. The molecule has 0 radical (unpaired) electrons. The Morgan fingerprint density at radius 2 is 1.59 bits per heavy atom. The molecule has 0 aromatic heterocycles. The highest BCUT2D eigenvalue weighted by molar-refractivity contribution is 7.99. The van der Waals surface area contributed by atoms with Crippen molar-refractivity contribution in [3.05, 3.63) is 48.5 Å². The summed E-state index contributed by atoms with van der Waals surface area (Å²) in [6.07, 6.45) is 1.31. The van der Waals surface area contributed by atoms with Gasteiger partial charge in [0.15, 0.2) is 0 Å². The third kappa shape index (κ3) is 2.85. The van der Waals surface area contributed by atoms with Crippen molar-refractivity contribution in [2.75, 3.05) is 31.6 Å². The van der Waals surface area contributed by atoms with Crippen LogP contribution in [0.4, 0.5) is 11.4 Å². The molecule has 2 nitrogen and oxygen atoms in total. The van der Waals surface area contributed by atoms with Gasteiger partial charge in [0, 0.05) is 22.9 Å². The fourth-order valence-corrected chi connectivity index (χ4v) is 4.51. The maximum atomic E-state index is 2.53. The molecule has 1 fully saturated rings. The van der Waals surface area contributed by atoms with Crippen molar-refractivity contribution in [3.63, 3.8) is 0 Å². The number of benzene rings is 2. The Hall–Kier alpha value is -1.16. The Labute approximate surface area is 142 Å². The van der Waals surface area contributed by atoms with E-state index in [9.17, 15) is 0 Å². The van der Waals surface area contributed by atoms with Gasteiger partial charge in [-0.2, -0.15) is 0 Å². The maximum Gasteiger partial charge on any atom is 0.0552 e. The van der Waals surface area contributed by atoms with E-state index in [1.165, 1.54) is 40.7 Å². The number of likely N-dealkylation sites (tertiary alicyclic amines) is 1. The lowest BCUT2D eigenvalue weighted by Crippen LogP contribution is -2.28. The first kappa shape index (κ1) is 15.7. The van der Waals surface area contributed by atoms with Gasteiger partial charge >= 0.3 is 0 Å². The minimum absolute atomic E-state index is 0. The first-order valence-electron chi connectivity index (χ1n) is 7.63. The van der Waals surface area contributed by atoms with E-state index in [1.807, 2.05) is 11.8 Å². The van der Waals surface area contributed by atoms with Gasteiger partial charge in [-0.3, -0.25) is 0 Å². The molecule has 22 heavy (non-hydrogen) atoms. The van der Waals surface area contributed by atoms with Crippen molar-refractivity contribution >= 4 is 35.5 Å². The number of fused-ring (bicyclic) bond motifs is 2. The fourth-order valence-electron chi connectivity index (χ4n) is 3.41. The molecule has 0 amide bonds. The normalized spacial score (nSPS) is 20.2. The molecule has 1 unspecified atom stereocenters. The van der Waals surface area contributed by atoms with Crippen molar-refractivity contribution in [3.8, 4) is 0 Å². The highest BCUT2D eigenvalue weighted by atomic mass is 35.5. The molecule has 4 rings (SSSR count). The van der Waals surface area contributed by atoms with Crippen LogP contribution in [0, 0.1) is 5.92 Å². The molecule has 0 spiro atoms. The Bertz CT molecular complexity index is 616. The smallest absolute Gasteiger partial charge is 0.0552 e. The number of hydrogen-bond donors (Lipinski definition) is 0. The minimum Gasteiger partial charge on any atom is -0.339 e. The van der Waals surface area contributed by atoms with Crippen LogP contribution in [0.3, 0.4) is 0 Å². The average molecular weight is 333 g/mol. The molecule has 116 valence electrons. The summed E-state index contributed by atoms with van der Waals surface area (Å²) in [5, 5.41) is 0. The summed E-state index contributed by atoms with van der Waals surface area (Å²) in [5.74, 6) is 0.763. The summed E-state index contributed by atoms with van der Waals surface area (Å²) in [6, 6.07) is 17.6. The Morgan fingerprint density at radius 1 is 1.00 bits per heavy atom. The topological polar surface area (TPSA) is 6.48 Å². The lowest BCUT2D eigenvalue weighted by atomic mass is 10.1. The zero-order valence-electron chi connectivity index (χ0n) is 12.7. The van der Waals surface area contributed by atoms with Crippen molar-refractivity contribution in [1.82, 2.24) is 4.90 Å². The molecule has 0 aliphatic carbocycles. The van der Waals surface area contributed by atoms with Crippen LogP contribution in [0.25, 0.3) is 0 Å². The van der Waals surface area contributed by atoms with E-state index in [2.05, 4.69) is 65.4 Å². The molecule has 2 aromatic rings. The van der Waals surface area contributed by atoms with Gasteiger partial charge in [-0.25, -0.2) is 0 Å². The molecule has 2 aromatic carbocycles. The van der Waals surface area contributed by atoms with Crippen LogP contribution in [0.15, 0.2) is 58.3 Å². The van der Waals surface area contributed by atoms with Crippen LogP contribution >= 0.6 is 24.2 Å². The predicted octanol–water partition coefficient (Wildman–Crippen LogP) is 4.66. The molecule has 2 heterocycles. The summed E-state index contributed by atoms with van der Waals surface area (Å²) in [4.78, 5) is 7.73. The van der Waals surface area contributed by atoms with Crippen molar-refractivity contribution < 1.29 is 0 Å². The van der Waals surface area contributed by atoms with Gasteiger partial charge in [0.05, 0.1) is 11.4 Å². The molecule has 2 aliphatic rings. The molecule has 1 saturated heterocycles. The summed E-state index contributed by atoms with van der Waals surface area (Å²) < 4.78 is 0. The van der Waals surface area contributed by atoms with Crippen molar-refractivity contribution in [2.45, 2.75) is 16.2 Å². The average Bonchev–Trinajstić information content (AvgIpc) is 2.92. The third-order valence-electron chi connectivity index (χ3n) is 4.46. The number of para-hydroxylation sites is 2. The van der Waals surface area contributed by atoms with Gasteiger partial charge in [0.25, 0.3) is 0 Å². The lowest BCUT2D eigenvalue weighted by molar-refractivity contribution is 0.396. The molecular formula is C18H21ClN2S. The number of rotatable bonds is 2. The van der Waals surface area contributed by atoms with E-state index in [0.29, 0.717) is 0 Å². The number of halogens is 1. The molecule has 0 saturated carbocycles. The predicted molar refractivity (Wildman–Crippen MR) is 96.9 cm³/mol. The van der Waals surface area contributed by atoms with Crippen LogP contribution in [-0.2, 0) is 0 Å². The second-order valence-corrected chi connectivity index (χ2v) is 7.15. The first-order valence-corrected chi connectivity index (χ1v) is 8.45. The van der Waals surface area contributed by atoms with Gasteiger partial charge < -0.3 is 9.80 Å². The zero-order chi connectivity index (χ0) is 14.2. The lowest BCUT2D eigenvalue weighted by Gasteiger charge is -2.34. The molecule has 0 bridgehead atoms. The molecule has 0 N–H and O–H groups in total. The standard InChI is InChI=1S/C18H20N2S.ClH/c1-19-11-10-14(12-19)13-20-15-6-2-4-8-17(15)21-18-9-5-3-7-16(18)20;/h2-9,14H,10-13H2,1H3;1H. The number of hydrogen-bond acceptors (Lipinski definition) is 3.